The standard InChI is InChI=1S/C9H20N2O/c1-9(2,3)7-6-8(12)10-11(4)5/h6-7H2,1-5H3,(H,10,12). The predicted octanol–water partition coefficient (Wildman–Crippen LogP) is 1.41. The Morgan fingerprint density at radius 1 is 1.33 bits per heavy atom. The molecule has 3 nitrogen and oxygen atoms in total. The van der Waals surface area contributed by atoms with Crippen molar-refractivity contribution >= 4 is 5.91 Å². The van der Waals surface area contributed by atoms with Crippen LogP contribution in [0, 0.1) is 5.41 Å². The van der Waals surface area contributed by atoms with Gasteiger partial charge in [0.25, 0.3) is 0 Å². The lowest BCUT2D eigenvalue weighted by Crippen LogP contribution is -2.36. The van der Waals surface area contributed by atoms with E-state index in [-0.39, 0.29) is 11.3 Å². The van der Waals surface area contributed by atoms with Gasteiger partial charge in [0.2, 0.25) is 5.91 Å². The minimum atomic E-state index is 0.0925. The molecule has 0 aliphatic carbocycles. The molecule has 12 heavy (non-hydrogen) atoms. The number of hydrogen-bond acceptors (Lipinski definition) is 2. The van der Waals surface area contributed by atoms with Crippen molar-refractivity contribution in [2.45, 2.75) is 33.6 Å². The van der Waals surface area contributed by atoms with E-state index in [4.69, 9.17) is 0 Å². The van der Waals surface area contributed by atoms with Gasteiger partial charge in [-0.05, 0) is 11.8 Å². The molecule has 72 valence electrons. The second-order valence-corrected chi connectivity index (χ2v) is 4.49. The van der Waals surface area contributed by atoms with Gasteiger partial charge >= 0.3 is 0 Å². The Hall–Kier alpha value is -0.570. The summed E-state index contributed by atoms with van der Waals surface area (Å²) in [6, 6.07) is 0. The highest BCUT2D eigenvalue weighted by atomic mass is 16.2. The molecule has 0 rings (SSSR count). The van der Waals surface area contributed by atoms with Crippen molar-refractivity contribution in [3.8, 4) is 0 Å². The summed E-state index contributed by atoms with van der Waals surface area (Å²) >= 11 is 0. The van der Waals surface area contributed by atoms with Crippen molar-refractivity contribution in [3.05, 3.63) is 0 Å². The van der Waals surface area contributed by atoms with Crippen LogP contribution in [0.15, 0.2) is 0 Å². The van der Waals surface area contributed by atoms with Gasteiger partial charge in [0.15, 0.2) is 0 Å². The molecule has 0 radical (unpaired) electrons. The van der Waals surface area contributed by atoms with Crippen LogP contribution in [-0.4, -0.2) is 25.0 Å². The van der Waals surface area contributed by atoms with E-state index in [1.54, 1.807) is 5.01 Å². The van der Waals surface area contributed by atoms with E-state index in [1.165, 1.54) is 0 Å². The molecule has 0 saturated heterocycles. The van der Waals surface area contributed by atoms with Gasteiger partial charge in [0.1, 0.15) is 0 Å². The van der Waals surface area contributed by atoms with E-state index in [1.807, 2.05) is 14.1 Å². The van der Waals surface area contributed by atoms with E-state index in [2.05, 4.69) is 26.2 Å². The first-order valence-corrected chi connectivity index (χ1v) is 4.28. The highest BCUT2D eigenvalue weighted by Crippen LogP contribution is 2.19. The minimum absolute atomic E-state index is 0.0925. The van der Waals surface area contributed by atoms with Gasteiger partial charge in [0.05, 0.1) is 0 Å². The number of carbonyl (C=O) groups is 1. The fourth-order valence-electron chi connectivity index (χ4n) is 0.794. The Morgan fingerprint density at radius 2 is 1.83 bits per heavy atom. The zero-order valence-corrected chi connectivity index (χ0v) is 8.77. The molecule has 0 aromatic heterocycles. The molecular formula is C9H20N2O. The van der Waals surface area contributed by atoms with E-state index in [0.29, 0.717) is 6.42 Å². The summed E-state index contributed by atoms with van der Waals surface area (Å²) in [7, 11) is 3.63. The summed E-state index contributed by atoms with van der Waals surface area (Å²) < 4.78 is 0. The van der Waals surface area contributed by atoms with Crippen LogP contribution in [0.1, 0.15) is 33.6 Å². The Labute approximate surface area is 75.1 Å². The predicted molar refractivity (Wildman–Crippen MR) is 50.5 cm³/mol. The van der Waals surface area contributed by atoms with Crippen molar-refractivity contribution in [1.82, 2.24) is 10.4 Å². The second kappa shape index (κ2) is 4.45. The van der Waals surface area contributed by atoms with Gasteiger partial charge < -0.3 is 0 Å². The van der Waals surface area contributed by atoms with Crippen LogP contribution in [0.3, 0.4) is 0 Å². The Bertz CT molecular complexity index is 147. The molecule has 1 amide bonds. The molecule has 1 N–H and O–H groups in total. The first-order valence-electron chi connectivity index (χ1n) is 4.28. The molecule has 0 saturated carbocycles. The molecule has 0 aromatic rings. The quantitative estimate of drug-likeness (QED) is 0.653. The van der Waals surface area contributed by atoms with Crippen LogP contribution < -0.4 is 5.43 Å². The molecule has 0 unspecified atom stereocenters. The molecule has 3 heteroatoms. The maximum absolute atomic E-state index is 11.1. The molecule has 0 heterocycles. The largest absolute Gasteiger partial charge is 0.289 e. The molecule has 0 aromatic carbocycles. The SMILES string of the molecule is CN(C)NC(=O)CCC(C)(C)C. The molecule has 0 atom stereocenters. The molecular weight excluding hydrogens is 152 g/mol. The molecule has 0 bridgehead atoms. The van der Waals surface area contributed by atoms with Crippen LogP contribution in [0.4, 0.5) is 0 Å². The average Bonchev–Trinajstić information content (AvgIpc) is 1.80. The van der Waals surface area contributed by atoms with Gasteiger partial charge in [-0.15, -0.1) is 0 Å². The Morgan fingerprint density at radius 3 is 2.17 bits per heavy atom. The minimum Gasteiger partial charge on any atom is -0.289 e. The molecule has 0 fully saturated rings. The number of carbonyl (C=O) groups excluding carboxylic acids is 1. The smallest absolute Gasteiger partial charge is 0.234 e. The number of nitrogens with one attached hydrogen (secondary N) is 1. The van der Waals surface area contributed by atoms with E-state index < -0.39 is 0 Å². The Kier molecular flexibility index (Phi) is 4.24. The monoisotopic (exact) mass is 172 g/mol. The van der Waals surface area contributed by atoms with E-state index in [0.717, 1.165) is 6.42 Å². The number of nitrogens with zero attached hydrogens (tertiary/aromatic N) is 1. The van der Waals surface area contributed by atoms with Gasteiger partial charge in [-0.25, -0.2) is 5.01 Å². The van der Waals surface area contributed by atoms with Crippen LogP contribution in [-0.2, 0) is 4.79 Å². The lowest BCUT2D eigenvalue weighted by molar-refractivity contribution is -0.125. The zero-order chi connectivity index (χ0) is 9.78. The number of amides is 1. The third-order valence-corrected chi connectivity index (χ3v) is 1.45. The number of rotatable bonds is 3. The fourth-order valence-corrected chi connectivity index (χ4v) is 0.794. The number of hydrogen-bond donors (Lipinski definition) is 1. The van der Waals surface area contributed by atoms with Gasteiger partial charge in [0, 0.05) is 20.5 Å². The topological polar surface area (TPSA) is 32.3 Å². The van der Waals surface area contributed by atoms with E-state index in [9.17, 15) is 4.79 Å². The third-order valence-electron chi connectivity index (χ3n) is 1.45. The van der Waals surface area contributed by atoms with E-state index >= 15 is 0 Å². The van der Waals surface area contributed by atoms with Crippen LogP contribution in [0.25, 0.3) is 0 Å². The molecule has 0 spiro atoms. The van der Waals surface area contributed by atoms with Crippen LogP contribution in [0.2, 0.25) is 0 Å². The lowest BCUT2D eigenvalue weighted by Gasteiger charge is -2.18. The molecule has 0 aliphatic heterocycles. The zero-order valence-electron chi connectivity index (χ0n) is 8.77. The average molecular weight is 172 g/mol. The highest BCUT2D eigenvalue weighted by Gasteiger charge is 2.12. The van der Waals surface area contributed by atoms with Crippen molar-refractivity contribution in [1.29, 1.82) is 0 Å². The molecule has 0 aliphatic rings. The maximum Gasteiger partial charge on any atom is 0.234 e. The van der Waals surface area contributed by atoms with Gasteiger partial charge in [-0.2, -0.15) is 0 Å². The Balaban J connectivity index is 3.58. The lowest BCUT2D eigenvalue weighted by atomic mass is 9.90. The normalized spacial score (nSPS) is 11.8. The first-order chi connectivity index (χ1) is 5.31. The van der Waals surface area contributed by atoms with Crippen LogP contribution in [0.5, 0.6) is 0 Å². The summed E-state index contributed by atoms with van der Waals surface area (Å²) in [5, 5.41) is 1.67. The summed E-state index contributed by atoms with van der Waals surface area (Å²) in [6.45, 7) is 6.40. The van der Waals surface area contributed by atoms with Gasteiger partial charge in [-0.1, -0.05) is 20.8 Å². The van der Waals surface area contributed by atoms with Crippen LogP contribution >= 0.6 is 0 Å². The third kappa shape index (κ3) is 7.54. The first kappa shape index (κ1) is 11.4. The van der Waals surface area contributed by atoms with Crippen molar-refractivity contribution in [2.75, 3.05) is 14.1 Å². The number of hydrazine groups is 1. The van der Waals surface area contributed by atoms with Gasteiger partial charge in [-0.3, -0.25) is 10.2 Å². The summed E-state index contributed by atoms with van der Waals surface area (Å²) in [4.78, 5) is 11.1. The highest BCUT2D eigenvalue weighted by molar-refractivity contribution is 5.75. The summed E-state index contributed by atoms with van der Waals surface area (Å²) in [6.07, 6.45) is 1.52. The van der Waals surface area contributed by atoms with Crippen molar-refractivity contribution in [3.63, 3.8) is 0 Å². The summed E-state index contributed by atoms with van der Waals surface area (Å²) in [5.41, 5.74) is 2.95. The summed E-state index contributed by atoms with van der Waals surface area (Å²) in [5.74, 6) is 0.0925. The van der Waals surface area contributed by atoms with Crippen molar-refractivity contribution in [2.24, 2.45) is 5.41 Å². The maximum atomic E-state index is 11.1. The second-order valence-electron chi connectivity index (χ2n) is 4.49. The fraction of sp³-hybridized carbons (Fsp3) is 0.889. The van der Waals surface area contributed by atoms with Crippen molar-refractivity contribution < 1.29 is 4.79 Å².